The Bertz CT molecular complexity index is 269. The Morgan fingerprint density at radius 1 is 1.40 bits per heavy atom. The van der Waals surface area contributed by atoms with Gasteiger partial charge < -0.3 is 5.32 Å². The van der Waals surface area contributed by atoms with Gasteiger partial charge in [0.05, 0.1) is 0 Å². The summed E-state index contributed by atoms with van der Waals surface area (Å²) in [5.74, 6) is 0.727. The fourth-order valence-electron chi connectivity index (χ4n) is 1.40. The van der Waals surface area contributed by atoms with Crippen LogP contribution in [0.3, 0.4) is 0 Å². The van der Waals surface area contributed by atoms with Gasteiger partial charge in [-0.15, -0.1) is 0 Å². The fraction of sp³-hybridized carbons (Fsp3) is 0.615. The lowest BCUT2D eigenvalue weighted by Gasteiger charge is -2.08. The van der Waals surface area contributed by atoms with Crippen LogP contribution in [0.2, 0.25) is 0 Å². The average molecular weight is 208 g/mol. The lowest BCUT2D eigenvalue weighted by molar-refractivity contribution is 0.554. The summed E-state index contributed by atoms with van der Waals surface area (Å²) in [5.41, 5.74) is 2.50. The standard InChI is InChI=1S/C12H20N2.CH4/c1-10(2)9-13-8-6-12-5-4-7-14-11(12)3;/h4-5,7,10,13H,6,8-9H2,1-3H3;1H4. The van der Waals surface area contributed by atoms with E-state index in [1.807, 2.05) is 12.3 Å². The normalized spacial score (nSPS) is 10.1. The van der Waals surface area contributed by atoms with E-state index in [4.69, 9.17) is 0 Å². The van der Waals surface area contributed by atoms with Gasteiger partial charge >= 0.3 is 0 Å². The van der Waals surface area contributed by atoms with Crippen LogP contribution < -0.4 is 5.32 Å². The molecule has 0 unspecified atom stereocenters. The van der Waals surface area contributed by atoms with Crippen molar-refractivity contribution in [3.63, 3.8) is 0 Å². The van der Waals surface area contributed by atoms with Gasteiger partial charge in [0.15, 0.2) is 0 Å². The van der Waals surface area contributed by atoms with E-state index in [1.165, 1.54) is 5.56 Å². The first-order valence-corrected chi connectivity index (χ1v) is 5.31. The van der Waals surface area contributed by atoms with E-state index in [1.54, 1.807) is 0 Å². The van der Waals surface area contributed by atoms with Crippen molar-refractivity contribution in [3.05, 3.63) is 29.6 Å². The summed E-state index contributed by atoms with van der Waals surface area (Å²) >= 11 is 0. The zero-order valence-electron chi connectivity index (χ0n) is 9.38. The van der Waals surface area contributed by atoms with Gasteiger partial charge in [-0.25, -0.2) is 0 Å². The van der Waals surface area contributed by atoms with Crippen molar-refractivity contribution in [3.8, 4) is 0 Å². The minimum Gasteiger partial charge on any atom is -0.316 e. The highest BCUT2D eigenvalue weighted by molar-refractivity contribution is 5.18. The maximum absolute atomic E-state index is 4.27. The molecule has 15 heavy (non-hydrogen) atoms. The quantitative estimate of drug-likeness (QED) is 0.753. The van der Waals surface area contributed by atoms with Crippen molar-refractivity contribution in [2.75, 3.05) is 13.1 Å². The summed E-state index contributed by atoms with van der Waals surface area (Å²) in [7, 11) is 0. The second-order valence-corrected chi connectivity index (χ2v) is 4.10. The third kappa shape index (κ3) is 5.53. The molecule has 1 heterocycles. The van der Waals surface area contributed by atoms with Gasteiger partial charge in [-0.1, -0.05) is 27.3 Å². The highest BCUT2D eigenvalue weighted by atomic mass is 14.8. The predicted molar refractivity (Wildman–Crippen MR) is 67.1 cm³/mol. The predicted octanol–water partition coefficient (Wildman–Crippen LogP) is 2.81. The molecule has 2 heteroatoms. The molecule has 2 nitrogen and oxygen atoms in total. The summed E-state index contributed by atoms with van der Waals surface area (Å²) in [4.78, 5) is 4.27. The maximum Gasteiger partial charge on any atom is 0.0405 e. The van der Waals surface area contributed by atoms with Crippen molar-refractivity contribution >= 4 is 0 Å². The van der Waals surface area contributed by atoms with Crippen LogP contribution in [0.25, 0.3) is 0 Å². The Morgan fingerprint density at radius 2 is 2.13 bits per heavy atom. The highest BCUT2D eigenvalue weighted by Crippen LogP contribution is 2.03. The molecule has 0 spiro atoms. The van der Waals surface area contributed by atoms with Gasteiger partial charge in [-0.05, 0) is 44.0 Å². The minimum atomic E-state index is 0. The van der Waals surface area contributed by atoms with E-state index in [9.17, 15) is 0 Å². The second-order valence-electron chi connectivity index (χ2n) is 4.10. The van der Waals surface area contributed by atoms with Crippen molar-refractivity contribution in [2.45, 2.75) is 34.6 Å². The molecular formula is C13H24N2. The number of aryl methyl sites for hydroxylation is 1. The van der Waals surface area contributed by atoms with Crippen LogP contribution in [0.1, 0.15) is 32.5 Å². The van der Waals surface area contributed by atoms with Crippen molar-refractivity contribution in [2.24, 2.45) is 5.92 Å². The lowest BCUT2D eigenvalue weighted by Crippen LogP contribution is -2.22. The molecule has 0 aromatic carbocycles. The van der Waals surface area contributed by atoms with Crippen LogP contribution in [0, 0.1) is 12.8 Å². The molecule has 0 bridgehead atoms. The van der Waals surface area contributed by atoms with Crippen LogP contribution in [0.4, 0.5) is 0 Å². The van der Waals surface area contributed by atoms with Crippen molar-refractivity contribution < 1.29 is 0 Å². The molecule has 1 rings (SSSR count). The first-order valence-electron chi connectivity index (χ1n) is 5.31. The molecule has 0 amide bonds. The monoisotopic (exact) mass is 208 g/mol. The molecule has 1 aromatic heterocycles. The number of pyridine rings is 1. The summed E-state index contributed by atoms with van der Waals surface area (Å²) in [6.45, 7) is 8.66. The summed E-state index contributed by atoms with van der Waals surface area (Å²) in [5, 5.41) is 3.43. The first-order chi connectivity index (χ1) is 6.70. The van der Waals surface area contributed by atoms with Crippen molar-refractivity contribution in [1.29, 1.82) is 0 Å². The Hall–Kier alpha value is -0.890. The largest absolute Gasteiger partial charge is 0.316 e. The van der Waals surface area contributed by atoms with Crippen molar-refractivity contribution in [1.82, 2.24) is 10.3 Å². The topological polar surface area (TPSA) is 24.9 Å². The molecule has 0 saturated carbocycles. The average Bonchev–Trinajstić information content (AvgIpc) is 2.15. The molecule has 0 radical (unpaired) electrons. The third-order valence-corrected chi connectivity index (χ3v) is 2.24. The number of hydrogen-bond donors (Lipinski definition) is 1. The second kappa shape index (κ2) is 7.41. The Labute approximate surface area is 94.1 Å². The van der Waals surface area contributed by atoms with Crippen LogP contribution in [0.15, 0.2) is 18.3 Å². The SMILES string of the molecule is C.Cc1ncccc1CCNCC(C)C. The maximum atomic E-state index is 4.27. The van der Waals surface area contributed by atoms with E-state index >= 15 is 0 Å². The number of hydrogen-bond acceptors (Lipinski definition) is 2. The van der Waals surface area contributed by atoms with Gasteiger partial charge in [-0.3, -0.25) is 4.98 Å². The number of nitrogens with one attached hydrogen (secondary N) is 1. The smallest absolute Gasteiger partial charge is 0.0405 e. The fourth-order valence-corrected chi connectivity index (χ4v) is 1.40. The molecule has 1 aromatic rings. The van der Waals surface area contributed by atoms with Gasteiger partial charge in [0.2, 0.25) is 0 Å². The number of nitrogens with zero attached hydrogens (tertiary/aromatic N) is 1. The van der Waals surface area contributed by atoms with Crippen LogP contribution in [0.5, 0.6) is 0 Å². The highest BCUT2D eigenvalue weighted by Gasteiger charge is 1.98. The molecule has 0 saturated heterocycles. The molecule has 1 N–H and O–H groups in total. The Balaban J connectivity index is 0.00000196. The molecule has 0 aliphatic carbocycles. The molecule has 0 aliphatic rings. The molecule has 0 aliphatic heterocycles. The zero-order valence-corrected chi connectivity index (χ0v) is 9.38. The number of aromatic nitrogens is 1. The van der Waals surface area contributed by atoms with Crippen LogP contribution in [-0.2, 0) is 6.42 Å². The van der Waals surface area contributed by atoms with E-state index in [2.05, 4.69) is 37.1 Å². The van der Waals surface area contributed by atoms with Crippen LogP contribution >= 0.6 is 0 Å². The summed E-state index contributed by atoms with van der Waals surface area (Å²) < 4.78 is 0. The minimum absolute atomic E-state index is 0. The molecule has 86 valence electrons. The summed E-state index contributed by atoms with van der Waals surface area (Å²) in [6, 6.07) is 4.16. The van der Waals surface area contributed by atoms with E-state index in [0.717, 1.165) is 31.1 Å². The molecule has 0 fully saturated rings. The Morgan fingerprint density at radius 3 is 2.73 bits per heavy atom. The van der Waals surface area contributed by atoms with E-state index in [0.29, 0.717) is 0 Å². The van der Waals surface area contributed by atoms with Gasteiger partial charge in [0.1, 0.15) is 0 Å². The van der Waals surface area contributed by atoms with Gasteiger partial charge in [-0.2, -0.15) is 0 Å². The molecule has 0 atom stereocenters. The molecular weight excluding hydrogens is 184 g/mol. The first kappa shape index (κ1) is 14.1. The van der Waals surface area contributed by atoms with Crippen LogP contribution in [-0.4, -0.2) is 18.1 Å². The van der Waals surface area contributed by atoms with Gasteiger partial charge in [0, 0.05) is 11.9 Å². The van der Waals surface area contributed by atoms with E-state index < -0.39 is 0 Å². The van der Waals surface area contributed by atoms with E-state index in [-0.39, 0.29) is 7.43 Å². The zero-order chi connectivity index (χ0) is 10.4. The Kier molecular flexibility index (Phi) is 6.97. The lowest BCUT2D eigenvalue weighted by atomic mass is 10.1. The summed E-state index contributed by atoms with van der Waals surface area (Å²) in [6.07, 6.45) is 2.92. The van der Waals surface area contributed by atoms with Gasteiger partial charge in [0.25, 0.3) is 0 Å². The third-order valence-electron chi connectivity index (χ3n) is 2.24. The number of rotatable bonds is 5.